The maximum Gasteiger partial charge on any atom is 0.0443 e. The molecule has 1 atom stereocenters. The molecule has 0 aromatic heterocycles. The van der Waals surface area contributed by atoms with Crippen LogP contribution in [0.1, 0.15) is 58.4 Å². The Labute approximate surface area is 118 Å². The van der Waals surface area contributed by atoms with Gasteiger partial charge in [-0.3, -0.25) is 0 Å². The summed E-state index contributed by atoms with van der Waals surface area (Å²) in [5, 5.41) is 0. The standard InChI is InChI=1S/C18H27N/c1-5-13-19-15(6-2)11-12-16(14(3)4)17-9-7-8-10-18(17)19/h6-10,14,16H,5,11-13H2,1-4H3. The zero-order valence-electron chi connectivity index (χ0n) is 12.8. The summed E-state index contributed by atoms with van der Waals surface area (Å²) in [7, 11) is 0. The van der Waals surface area contributed by atoms with E-state index in [-0.39, 0.29) is 0 Å². The molecule has 0 amide bonds. The lowest BCUT2D eigenvalue weighted by Crippen LogP contribution is -2.23. The topological polar surface area (TPSA) is 3.24 Å². The van der Waals surface area contributed by atoms with Crippen LogP contribution in [0.25, 0.3) is 0 Å². The second-order valence-electron chi connectivity index (χ2n) is 5.88. The monoisotopic (exact) mass is 257 g/mol. The first kappa shape index (κ1) is 14.2. The molecule has 0 spiro atoms. The van der Waals surface area contributed by atoms with E-state index in [1.165, 1.54) is 30.6 Å². The third-order valence-corrected chi connectivity index (χ3v) is 4.27. The van der Waals surface area contributed by atoms with Crippen LogP contribution in [0.3, 0.4) is 0 Å². The number of hydrogen-bond donors (Lipinski definition) is 0. The van der Waals surface area contributed by atoms with Crippen molar-refractivity contribution in [2.45, 2.75) is 52.9 Å². The fourth-order valence-corrected chi connectivity index (χ4v) is 3.28. The molecule has 1 nitrogen and oxygen atoms in total. The fraction of sp³-hybridized carbons (Fsp3) is 0.556. The van der Waals surface area contributed by atoms with Gasteiger partial charge in [0.25, 0.3) is 0 Å². The van der Waals surface area contributed by atoms with Crippen LogP contribution >= 0.6 is 0 Å². The van der Waals surface area contributed by atoms with E-state index in [1.54, 1.807) is 5.56 Å². The maximum absolute atomic E-state index is 2.54. The predicted molar refractivity (Wildman–Crippen MR) is 84.6 cm³/mol. The van der Waals surface area contributed by atoms with E-state index in [9.17, 15) is 0 Å². The molecule has 2 rings (SSSR count). The molecule has 0 radical (unpaired) electrons. The molecule has 0 fully saturated rings. The lowest BCUT2D eigenvalue weighted by Gasteiger charge is -2.28. The van der Waals surface area contributed by atoms with Gasteiger partial charge in [0.2, 0.25) is 0 Å². The number of nitrogens with zero attached hydrogens (tertiary/aromatic N) is 1. The van der Waals surface area contributed by atoms with E-state index < -0.39 is 0 Å². The molecule has 1 aromatic carbocycles. The normalized spacial score (nSPS) is 21.6. The van der Waals surface area contributed by atoms with Gasteiger partial charge >= 0.3 is 0 Å². The number of rotatable bonds is 3. The smallest absolute Gasteiger partial charge is 0.0443 e. The summed E-state index contributed by atoms with van der Waals surface area (Å²) in [4.78, 5) is 2.54. The first-order chi connectivity index (χ1) is 9.19. The maximum atomic E-state index is 2.54. The SMILES string of the molecule is CC=C1CCC(C(C)C)c2ccccc2N1CCC. The minimum atomic E-state index is 0.688. The summed E-state index contributed by atoms with van der Waals surface area (Å²) < 4.78 is 0. The van der Waals surface area contributed by atoms with Crippen molar-refractivity contribution in [2.75, 3.05) is 11.4 Å². The van der Waals surface area contributed by atoms with Crippen molar-refractivity contribution in [1.82, 2.24) is 0 Å². The quantitative estimate of drug-likeness (QED) is 0.706. The van der Waals surface area contributed by atoms with Crippen molar-refractivity contribution in [3.8, 4) is 0 Å². The molecule has 1 aliphatic heterocycles. The van der Waals surface area contributed by atoms with E-state index in [0.717, 1.165) is 6.54 Å². The van der Waals surface area contributed by atoms with Gasteiger partial charge in [0.1, 0.15) is 0 Å². The average Bonchev–Trinajstić information content (AvgIpc) is 2.56. The van der Waals surface area contributed by atoms with Gasteiger partial charge in [0, 0.05) is 17.9 Å². The molecule has 0 saturated heterocycles. The van der Waals surface area contributed by atoms with E-state index in [2.05, 4.69) is 62.9 Å². The largest absolute Gasteiger partial charge is 0.345 e. The highest BCUT2D eigenvalue weighted by Crippen LogP contribution is 2.41. The zero-order valence-corrected chi connectivity index (χ0v) is 12.8. The summed E-state index contributed by atoms with van der Waals surface area (Å²) >= 11 is 0. The van der Waals surface area contributed by atoms with Gasteiger partial charge in [-0.05, 0) is 49.7 Å². The molecular formula is C18H27N. The molecule has 1 unspecified atom stereocenters. The van der Waals surface area contributed by atoms with Crippen molar-refractivity contribution in [3.63, 3.8) is 0 Å². The molecule has 0 bridgehead atoms. The number of hydrogen-bond acceptors (Lipinski definition) is 1. The van der Waals surface area contributed by atoms with Crippen LogP contribution in [0, 0.1) is 5.92 Å². The first-order valence-corrected chi connectivity index (χ1v) is 7.70. The summed E-state index contributed by atoms with van der Waals surface area (Å²) in [6.45, 7) is 10.3. The molecule has 1 aliphatic rings. The Morgan fingerprint density at radius 1 is 1.32 bits per heavy atom. The highest BCUT2D eigenvalue weighted by molar-refractivity contribution is 5.60. The number of allylic oxidation sites excluding steroid dienone is 2. The molecule has 1 aromatic rings. The highest BCUT2D eigenvalue weighted by atomic mass is 15.1. The molecule has 0 aliphatic carbocycles. The van der Waals surface area contributed by atoms with E-state index >= 15 is 0 Å². The summed E-state index contributed by atoms with van der Waals surface area (Å²) in [6, 6.07) is 9.01. The number of anilines is 1. The second kappa shape index (κ2) is 6.27. The van der Waals surface area contributed by atoms with Crippen LogP contribution in [-0.2, 0) is 0 Å². The van der Waals surface area contributed by atoms with Gasteiger partial charge in [-0.15, -0.1) is 0 Å². The minimum Gasteiger partial charge on any atom is -0.345 e. The molecule has 0 N–H and O–H groups in total. The van der Waals surface area contributed by atoms with E-state index in [1.807, 2.05) is 0 Å². The van der Waals surface area contributed by atoms with Gasteiger partial charge in [-0.2, -0.15) is 0 Å². The summed E-state index contributed by atoms with van der Waals surface area (Å²) in [5.74, 6) is 1.40. The number of fused-ring (bicyclic) bond motifs is 1. The first-order valence-electron chi connectivity index (χ1n) is 7.70. The van der Waals surface area contributed by atoms with Gasteiger partial charge in [-0.1, -0.05) is 45.0 Å². The lowest BCUT2D eigenvalue weighted by molar-refractivity contribution is 0.473. The molecule has 0 saturated carbocycles. The predicted octanol–water partition coefficient (Wildman–Crippen LogP) is 5.34. The van der Waals surface area contributed by atoms with Crippen molar-refractivity contribution < 1.29 is 0 Å². The van der Waals surface area contributed by atoms with Gasteiger partial charge in [0.15, 0.2) is 0 Å². The Morgan fingerprint density at radius 2 is 2.05 bits per heavy atom. The second-order valence-corrected chi connectivity index (χ2v) is 5.88. The molecule has 1 heteroatoms. The Hall–Kier alpha value is -1.24. The Balaban J connectivity index is 2.50. The zero-order chi connectivity index (χ0) is 13.8. The summed E-state index contributed by atoms with van der Waals surface area (Å²) in [5.41, 5.74) is 4.48. The molecular weight excluding hydrogens is 230 g/mol. The van der Waals surface area contributed by atoms with Gasteiger partial charge < -0.3 is 4.90 Å². The van der Waals surface area contributed by atoms with Gasteiger partial charge in [-0.25, -0.2) is 0 Å². The van der Waals surface area contributed by atoms with Crippen molar-refractivity contribution in [1.29, 1.82) is 0 Å². The Morgan fingerprint density at radius 3 is 2.68 bits per heavy atom. The van der Waals surface area contributed by atoms with Crippen molar-refractivity contribution in [3.05, 3.63) is 41.6 Å². The minimum absolute atomic E-state index is 0.688. The van der Waals surface area contributed by atoms with Gasteiger partial charge in [0.05, 0.1) is 0 Å². The van der Waals surface area contributed by atoms with Crippen LogP contribution in [0.15, 0.2) is 36.0 Å². The lowest BCUT2D eigenvalue weighted by atomic mass is 9.84. The number of para-hydroxylation sites is 1. The summed E-state index contributed by atoms with van der Waals surface area (Å²) in [6.07, 6.45) is 5.97. The molecule has 104 valence electrons. The average molecular weight is 257 g/mol. The van der Waals surface area contributed by atoms with Crippen LogP contribution in [-0.4, -0.2) is 6.54 Å². The fourth-order valence-electron chi connectivity index (χ4n) is 3.28. The third kappa shape index (κ3) is 2.86. The van der Waals surface area contributed by atoms with Crippen molar-refractivity contribution in [2.24, 2.45) is 5.92 Å². The molecule has 1 heterocycles. The third-order valence-electron chi connectivity index (χ3n) is 4.27. The molecule has 19 heavy (non-hydrogen) atoms. The van der Waals surface area contributed by atoms with E-state index in [4.69, 9.17) is 0 Å². The Kier molecular flexibility index (Phi) is 4.68. The Bertz CT molecular complexity index is 445. The number of benzene rings is 1. The van der Waals surface area contributed by atoms with E-state index in [0.29, 0.717) is 11.8 Å². The van der Waals surface area contributed by atoms with Crippen molar-refractivity contribution >= 4 is 5.69 Å². The van der Waals surface area contributed by atoms with Crippen LogP contribution < -0.4 is 4.90 Å². The van der Waals surface area contributed by atoms with Crippen LogP contribution in [0.4, 0.5) is 5.69 Å². The highest BCUT2D eigenvalue weighted by Gasteiger charge is 2.26. The van der Waals surface area contributed by atoms with Crippen LogP contribution in [0.2, 0.25) is 0 Å². The van der Waals surface area contributed by atoms with Crippen LogP contribution in [0.5, 0.6) is 0 Å².